The fourth-order valence-electron chi connectivity index (χ4n) is 3.88. The molecule has 2 aromatic rings. The van der Waals surface area contributed by atoms with E-state index in [1.54, 1.807) is 27.6 Å². The Morgan fingerprint density at radius 2 is 1.84 bits per heavy atom. The highest BCUT2D eigenvalue weighted by Crippen LogP contribution is 2.17. The maximum atomic E-state index is 13.1. The molecule has 164 valence electrons. The Balaban J connectivity index is 1.44. The summed E-state index contributed by atoms with van der Waals surface area (Å²) in [6.07, 6.45) is 0.756. The Morgan fingerprint density at radius 3 is 2.58 bits per heavy atom. The summed E-state index contributed by atoms with van der Waals surface area (Å²) >= 11 is 0. The lowest BCUT2D eigenvalue weighted by molar-refractivity contribution is -0.135. The van der Waals surface area contributed by atoms with Crippen molar-refractivity contribution < 1.29 is 19.1 Å². The van der Waals surface area contributed by atoms with Crippen LogP contribution in [-0.2, 0) is 22.6 Å². The highest BCUT2D eigenvalue weighted by molar-refractivity contribution is 5.99. The SMILES string of the molecule is CN(CC(=O)N1CCOCC1)C(=O)c1cc2n(n1)CCCN(Cc1ccccc1)C2=O. The van der Waals surface area contributed by atoms with Gasteiger partial charge in [0.15, 0.2) is 5.69 Å². The molecule has 4 rings (SSSR count). The first-order valence-corrected chi connectivity index (χ1v) is 10.5. The van der Waals surface area contributed by atoms with Gasteiger partial charge in [0.25, 0.3) is 11.8 Å². The van der Waals surface area contributed by atoms with Gasteiger partial charge in [0.05, 0.1) is 19.8 Å². The number of aromatic nitrogens is 2. The maximum absolute atomic E-state index is 13.1. The quantitative estimate of drug-likeness (QED) is 0.709. The van der Waals surface area contributed by atoms with Crippen LogP contribution in [-0.4, -0.2) is 88.6 Å². The van der Waals surface area contributed by atoms with E-state index in [1.165, 1.54) is 4.90 Å². The molecule has 9 nitrogen and oxygen atoms in total. The number of carbonyl (C=O) groups is 3. The summed E-state index contributed by atoms with van der Waals surface area (Å²) in [6.45, 7) is 3.77. The normalized spacial score (nSPS) is 16.6. The lowest BCUT2D eigenvalue weighted by Gasteiger charge is -2.28. The number of aryl methyl sites for hydroxylation is 1. The van der Waals surface area contributed by atoms with E-state index in [0.29, 0.717) is 51.6 Å². The summed E-state index contributed by atoms with van der Waals surface area (Å²) < 4.78 is 6.87. The number of hydrogen-bond acceptors (Lipinski definition) is 5. The van der Waals surface area contributed by atoms with Crippen LogP contribution < -0.4 is 0 Å². The van der Waals surface area contributed by atoms with Gasteiger partial charge in [-0.05, 0) is 12.0 Å². The molecule has 0 unspecified atom stereocenters. The predicted octanol–water partition coefficient (Wildman–Crippen LogP) is 0.860. The number of benzene rings is 1. The zero-order valence-corrected chi connectivity index (χ0v) is 17.7. The molecule has 1 aromatic carbocycles. The molecule has 31 heavy (non-hydrogen) atoms. The van der Waals surface area contributed by atoms with Crippen LogP contribution in [0.1, 0.15) is 33.0 Å². The fraction of sp³-hybridized carbons (Fsp3) is 0.455. The first-order valence-electron chi connectivity index (χ1n) is 10.5. The van der Waals surface area contributed by atoms with E-state index in [2.05, 4.69) is 5.10 Å². The number of morpholine rings is 1. The van der Waals surface area contributed by atoms with E-state index in [4.69, 9.17) is 4.74 Å². The minimum absolute atomic E-state index is 0.0326. The molecule has 0 aliphatic carbocycles. The Hall–Kier alpha value is -3.20. The van der Waals surface area contributed by atoms with Crippen LogP contribution in [0.15, 0.2) is 36.4 Å². The van der Waals surface area contributed by atoms with Crippen molar-refractivity contribution >= 4 is 17.7 Å². The van der Waals surface area contributed by atoms with Gasteiger partial charge in [0, 0.05) is 45.8 Å². The third-order valence-electron chi connectivity index (χ3n) is 5.60. The zero-order chi connectivity index (χ0) is 21.8. The largest absolute Gasteiger partial charge is 0.378 e. The van der Waals surface area contributed by atoms with Crippen LogP contribution >= 0.6 is 0 Å². The van der Waals surface area contributed by atoms with Crippen molar-refractivity contribution in [3.05, 3.63) is 53.3 Å². The molecule has 0 atom stereocenters. The van der Waals surface area contributed by atoms with Crippen LogP contribution in [0.5, 0.6) is 0 Å². The van der Waals surface area contributed by atoms with Crippen LogP contribution in [0, 0.1) is 0 Å². The average Bonchev–Trinajstić information content (AvgIpc) is 3.17. The first-order chi connectivity index (χ1) is 15.0. The van der Waals surface area contributed by atoms with Crippen LogP contribution in [0.2, 0.25) is 0 Å². The van der Waals surface area contributed by atoms with Gasteiger partial charge < -0.3 is 19.4 Å². The van der Waals surface area contributed by atoms with Crippen molar-refractivity contribution in [3.8, 4) is 0 Å². The molecule has 0 radical (unpaired) electrons. The van der Waals surface area contributed by atoms with E-state index in [1.807, 2.05) is 30.3 Å². The molecule has 0 spiro atoms. The number of ether oxygens (including phenoxy) is 1. The summed E-state index contributed by atoms with van der Waals surface area (Å²) in [5.41, 5.74) is 1.65. The number of rotatable bonds is 5. The third kappa shape index (κ3) is 4.77. The topological polar surface area (TPSA) is 88.0 Å². The minimum Gasteiger partial charge on any atom is -0.378 e. The predicted molar refractivity (Wildman–Crippen MR) is 112 cm³/mol. The van der Waals surface area contributed by atoms with Gasteiger partial charge in [0.1, 0.15) is 5.69 Å². The highest BCUT2D eigenvalue weighted by atomic mass is 16.5. The monoisotopic (exact) mass is 425 g/mol. The molecular weight excluding hydrogens is 398 g/mol. The van der Waals surface area contributed by atoms with E-state index in [0.717, 1.165) is 12.0 Å². The van der Waals surface area contributed by atoms with E-state index >= 15 is 0 Å². The molecule has 0 bridgehead atoms. The van der Waals surface area contributed by atoms with Crippen molar-refractivity contribution in [1.82, 2.24) is 24.5 Å². The molecule has 1 aromatic heterocycles. The van der Waals surface area contributed by atoms with E-state index in [-0.39, 0.29) is 30.0 Å². The zero-order valence-electron chi connectivity index (χ0n) is 17.7. The fourth-order valence-corrected chi connectivity index (χ4v) is 3.88. The second-order valence-electron chi connectivity index (χ2n) is 7.86. The molecule has 1 saturated heterocycles. The molecule has 9 heteroatoms. The molecule has 3 amide bonds. The number of nitrogens with zero attached hydrogens (tertiary/aromatic N) is 5. The Kier molecular flexibility index (Phi) is 6.31. The van der Waals surface area contributed by atoms with Gasteiger partial charge in [-0.1, -0.05) is 30.3 Å². The van der Waals surface area contributed by atoms with Crippen molar-refractivity contribution in [2.75, 3.05) is 46.4 Å². The molecule has 3 heterocycles. The Labute approximate surface area is 181 Å². The van der Waals surface area contributed by atoms with Gasteiger partial charge in [0.2, 0.25) is 5.91 Å². The molecule has 0 saturated carbocycles. The standard InChI is InChI=1S/C22H27N5O4/c1-24(16-20(28)25-10-12-31-13-11-25)21(29)18-14-19-22(30)26(8-5-9-27(19)23-18)15-17-6-3-2-4-7-17/h2-4,6-7,14H,5,8-13,15-16H2,1H3. The molecule has 0 N–H and O–H groups in total. The molecule has 2 aliphatic heterocycles. The smallest absolute Gasteiger partial charge is 0.274 e. The molecule has 2 aliphatic rings. The number of amides is 3. The summed E-state index contributed by atoms with van der Waals surface area (Å²) in [5.74, 6) is -0.630. The average molecular weight is 425 g/mol. The summed E-state index contributed by atoms with van der Waals surface area (Å²) in [6, 6.07) is 11.4. The Bertz CT molecular complexity index is 952. The van der Waals surface area contributed by atoms with E-state index < -0.39 is 0 Å². The van der Waals surface area contributed by atoms with Gasteiger partial charge in [-0.25, -0.2) is 0 Å². The second kappa shape index (κ2) is 9.30. The number of carbonyl (C=O) groups excluding carboxylic acids is 3. The third-order valence-corrected chi connectivity index (χ3v) is 5.60. The molecular formula is C22H27N5O4. The Morgan fingerprint density at radius 1 is 1.10 bits per heavy atom. The summed E-state index contributed by atoms with van der Waals surface area (Å²) in [4.78, 5) is 43.3. The van der Waals surface area contributed by atoms with Crippen LogP contribution in [0.25, 0.3) is 0 Å². The van der Waals surface area contributed by atoms with Crippen LogP contribution in [0.4, 0.5) is 0 Å². The van der Waals surface area contributed by atoms with Gasteiger partial charge in [-0.3, -0.25) is 19.1 Å². The number of hydrogen-bond donors (Lipinski definition) is 0. The minimum atomic E-state index is -0.371. The highest BCUT2D eigenvalue weighted by Gasteiger charge is 2.28. The maximum Gasteiger partial charge on any atom is 0.274 e. The first kappa shape index (κ1) is 21.0. The lowest BCUT2D eigenvalue weighted by Crippen LogP contribution is -2.46. The number of likely N-dealkylation sites (N-methyl/N-ethyl adjacent to an activating group) is 1. The van der Waals surface area contributed by atoms with Gasteiger partial charge >= 0.3 is 0 Å². The number of fused-ring (bicyclic) bond motifs is 1. The second-order valence-corrected chi connectivity index (χ2v) is 7.86. The summed E-state index contributed by atoms with van der Waals surface area (Å²) in [5, 5.41) is 4.38. The van der Waals surface area contributed by atoms with Crippen molar-refractivity contribution in [2.24, 2.45) is 0 Å². The van der Waals surface area contributed by atoms with Gasteiger partial charge in [-0.2, -0.15) is 5.10 Å². The van der Waals surface area contributed by atoms with Gasteiger partial charge in [-0.15, -0.1) is 0 Å². The summed E-state index contributed by atoms with van der Waals surface area (Å²) in [7, 11) is 1.58. The van der Waals surface area contributed by atoms with Crippen molar-refractivity contribution in [2.45, 2.75) is 19.5 Å². The van der Waals surface area contributed by atoms with E-state index in [9.17, 15) is 14.4 Å². The lowest BCUT2D eigenvalue weighted by atomic mass is 10.2. The molecule has 1 fully saturated rings. The van der Waals surface area contributed by atoms with Crippen molar-refractivity contribution in [3.63, 3.8) is 0 Å². The van der Waals surface area contributed by atoms with Crippen molar-refractivity contribution in [1.29, 1.82) is 0 Å². The van der Waals surface area contributed by atoms with Crippen LogP contribution in [0.3, 0.4) is 0 Å².